The fraction of sp³-hybridized carbons (Fsp3) is 0.448. The van der Waals surface area contributed by atoms with Crippen LogP contribution in [-0.2, 0) is 32.4 Å². The summed E-state index contributed by atoms with van der Waals surface area (Å²) in [5.74, 6) is -0.292. The largest absolute Gasteiger partial charge is 0.444 e. The minimum atomic E-state index is -3.46. The first kappa shape index (κ1) is 30.6. The summed E-state index contributed by atoms with van der Waals surface area (Å²) in [5.41, 5.74) is 0.173. The van der Waals surface area contributed by atoms with Gasteiger partial charge in [-0.25, -0.2) is 17.5 Å². The minimum absolute atomic E-state index is 0.123. The van der Waals surface area contributed by atoms with E-state index in [1.54, 1.807) is 51.1 Å². The van der Waals surface area contributed by atoms with Crippen molar-refractivity contribution >= 4 is 44.1 Å². The van der Waals surface area contributed by atoms with E-state index in [9.17, 15) is 18.0 Å². The summed E-state index contributed by atoms with van der Waals surface area (Å²) >= 11 is 1.55. The Morgan fingerprint density at radius 1 is 0.923 bits per heavy atom. The Kier molecular flexibility index (Phi) is 9.79. The number of thiophene rings is 1. The second kappa shape index (κ2) is 12.5. The van der Waals surface area contributed by atoms with Crippen molar-refractivity contribution in [3.63, 3.8) is 0 Å². The van der Waals surface area contributed by atoms with E-state index >= 15 is 0 Å². The van der Waals surface area contributed by atoms with Gasteiger partial charge in [0.25, 0.3) is 0 Å². The van der Waals surface area contributed by atoms with E-state index < -0.39 is 33.8 Å². The lowest BCUT2D eigenvalue weighted by Crippen LogP contribution is -2.55. The molecule has 1 heterocycles. The number of likely N-dealkylation sites (N-methyl/N-ethyl adjacent to an activating group) is 3. The summed E-state index contributed by atoms with van der Waals surface area (Å²) in [6, 6.07) is 16.6. The zero-order chi connectivity index (χ0) is 29.0. The van der Waals surface area contributed by atoms with Crippen molar-refractivity contribution in [2.75, 3.05) is 33.9 Å². The maximum Gasteiger partial charge on any atom is 0.410 e. The molecule has 0 bridgehead atoms. The Bertz CT molecular complexity index is 1380. The van der Waals surface area contributed by atoms with Crippen LogP contribution in [0, 0.1) is 0 Å². The number of carbonyl (C=O) groups excluding carboxylic acids is 2. The summed E-state index contributed by atoms with van der Waals surface area (Å²) in [6.07, 6.45) is 1.31. The number of carbonyl (C=O) groups is 2. The Morgan fingerprint density at radius 3 is 2.18 bits per heavy atom. The van der Waals surface area contributed by atoms with Gasteiger partial charge in [-0.3, -0.25) is 9.69 Å². The number of rotatable bonds is 10. The molecule has 39 heavy (non-hydrogen) atoms. The predicted molar refractivity (Wildman–Crippen MR) is 157 cm³/mol. The lowest BCUT2D eigenvalue weighted by atomic mass is 9.99. The van der Waals surface area contributed by atoms with E-state index in [4.69, 9.17) is 4.74 Å². The third-order valence-corrected chi connectivity index (χ3v) is 8.80. The quantitative estimate of drug-likeness (QED) is 0.353. The second-order valence-corrected chi connectivity index (χ2v) is 14.0. The maximum atomic E-state index is 14.1. The van der Waals surface area contributed by atoms with Crippen LogP contribution in [-0.4, -0.2) is 86.2 Å². The van der Waals surface area contributed by atoms with Gasteiger partial charge in [-0.2, -0.15) is 0 Å². The summed E-state index contributed by atoms with van der Waals surface area (Å²) < 4.78 is 31.3. The Labute approximate surface area is 236 Å². The first-order chi connectivity index (χ1) is 18.2. The molecule has 0 spiro atoms. The number of nitrogens with zero attached hydrogens (tertiary/aromatic N) is 3. The van der Waals surface area contributed by atoms with Crippen LogP contribution < -0.4 is 0 Å². The molecule has 0 saturated heterocycles. The normalized spacial score (nSPS) is 13.7. The van der Waals surface area contributed by atoms with Gasteiger partial charge in [-0.05, 0) is 48.6 Å². The first-order valence-corrected chi connectivity index (χ1v) is 15.5. The van der Waals surface area contributed by atoms with Crippen molar-refractivity contribution < 1.29 is 22.7 Å². The molecule has 8 nitrogen and oxygen atoms in total. The molecule has 0 aliphatic carbocycles. The van der Waals surface area contributed by atoms with Crippen molar-refractivity contribution in [3.8, 4) is 0 Å². The number of hydrogen-bond donors (Lipinski definition) is 0. The fourth-order valence-electron chi connectivity index (χ4n) is 4.27. The Balaban J connectivity index is 1.96. The highest BCUT2D eigenvalue weighted by Gasteiger charge is 2.35. The molecule has 0 radical (unpaired) electrons. The highest BCUT2D eigenvalue weighted by Crippen LogP contribution is 2.22. The molecule has 1 aromatic heterocycles. The molecule has 3 aromatic rings. The van der Waals surface area contributed by atoms with Crippen molar-refractivity contribution in [1.82, 2.24) is 14.1 Å². The molecule has 212 valence electrons. The van der Waals surface area contributed by atoms with E-state index in [2.05, 4.69) is 0 Å². The van der Waals surface area contributed by atoms with E-state index in [0.29, 0.717) is 6.42 Å². The summed E-state index contributed by atoms with van der Waals surface area (Å²) in [5, 5.41) is 4.08. The van der Waals surface area contributed by atoms with Crippen molar-refractivity contribution in [1.29, 1.82) is 0 Å². The van der Waals surface area contributed by atoms with E-state index in [-0.39, 0.29) is 18.9 Å². The molecular formula is C29H39N3O5S2. The number of fused-ring (bicyclic) bond motifs is 1. The zero-order valence-corrected chi connectivity index (χ0v) is 25.4. The summed E-state index contributed by atoms with van der Waals surface area (Å²) in [4.78, 5) is 31.2. The van der Waals surface area contributed by atoms with Crippen LogP contribution in [0.2, 0.25) is 0 Å². The molecule has 2 amide bonds. The molecule has 0 fully saturated rings. The summed E-state index contributed by atoms with van der Waals surface area (Å²) in [7, 11) is 1.29. The minimum Gasteiger partial charge on any atom is -0.444 e. The lowest BCUT2D eigenvalue weighted by Gasteiger charge is -2.36. The van der Waals surface area contributed by atoms with Crippen molar-refractivity contribution in [2.45, 2.75) is 51.3 Å². The lowest BCUT2D eigenvalue weighted by molar-refractivity contribution is -0.137. The molecule has 0 aliphatic rings. The molecule has 2 atom stereocenters. The molecule has 10 heteroatoms. The van der Waals surface area contributed by atoms with Crippen LogP contribution in [0.3, 0.4) is 0 Å². The smallest absolute Gasteiger partial charge is 0.410 e. The number of sulfonamides is 1. The van der Waals surface area contributed by atoms with E-state index in [1.807, 2.05) is 60.0 Å². The molecule has 0 N–H and O–H groups in total. The highest BCUT2D eigenvalue weighted by molar-refractivity contribution is 7.88. The van der Waals surface area contributed by atoms with E-state index in [0.717, 1.165) is 27.5 Å². The van der Waals surface area contributed by atoms with Gasteiger partial charge in [0.05, 0.1) is 12.3 Å². The SMILES string of the molecule is CN(C(=O)[C@@H](Cc1ccc2ccccc2c1)N(C)C(=O)OC(C)(C)C)[C@H](Cc1cccs1)CN(C)S(C)(=O)=O. The van der Waals surface area contributed by atoms with Gasteiger partial charge in [0.1, 0.15) is 11.6 Å². The van der Waals surface area contributed by atoms with Crippen LogP contribution in [0.25, 0.3) is 10.8 Å². The third-order valence-electron chi connectivity index (χ3n) is 6.62. The summed E-state index contributed by atoms with van der Waals surface area (Å²) in [6.45, 7) is 5.47. The van der Waals surface area contributed by atoms with Gasteiger partial charge in [-0.1, -0.05) is 48.5 Å². The number of hydrogen-bond acceptors (Lipinski definition) is 6. The van der Waals surface area contributed by atoms with Gasteiger partial charge in [-0.15, -0.1) is 11.3 Å². The molecule has 3 rings (SSSR count). The molecule has 0 saturated carbocycles. The van der Waals surface area contributed by atoms with E-state index in [1.165, 1.54) is 16.3 Å². The van der Waals surface area contributed by atoms with Crippen LogP contribution in [0.5, 0.6) is 0 Å². The van der Waals surface area contributed by atoms with Crippen LogP contribution in [0.15, 0.2) is 60.0 Å². The van der Waals surface area contributed by atoms with Gasteiger partial charge >= 0.3 is 6.09 Å². The van der Waals surface area contributed by atoms with Crippen molar-refractivity contribution in [2.24, 2.45) is 0 Å². The predicted octanol–water partition coefficient (Wildman–Crippen LogP) is 4.64. The third kappa shape index (κ3) is 8.52. The molecule has 2 aromatic carbocycles. The molecular weight excluding hydrogens is 534 g/mol. The van der Waals surface area contributed by atoms with Crippen molar-refractivity contribution in [3.05, 3.63) is 70.4 Å². The number of amides is 2. The molecule has 0 aliphatic heterocycles. The maximum absolute atomic E-state index is 14.1. The zero-order valence-electron chi connectivity index (χ0n) is 23.7. The topological polar surface area (TPSA) is 87.2 Å². The van der Waals surface area contributed by atoms with Crippen LogP contribution >= 0.6 is 11.3 Å². The van der Waals surface area contributed by atoms with Gasteiger partial charge in [0.2, 0.25) is 15.9 Å². The highest BCUT2D eigenvalue weighted by atomic mass is 32.2. The monoisotopic (exact) mass is 573 g/mol. The average molecular weight is 574 g/mol. The van der Waals surface area contributed by atoms with Gasteiger partial charge in [0, 0.05) is 45.4 Å². The fourth-order valence-corrected chi connectivity index (χ4v) is 5.49. The van der Waals surface area contributed by atoms with Crippen LogP contribution in [0.4, 0.5) is 4.79 Å². The molecule has 0 unspecified atom stereocenters. The first-order valence-electron chi connectivity index (χ1n) is 12.8. The standard InChI is InChI=1S/C29H39N3O5S2/c1-29(2,3)37-28(34)32(6)26(18-21-14-15-22-11-8-9-12-23(22)17-21)27(33)31(5)24(19-25-13-10-16-38-25)20-30(4)39(7,35)36/h8-17,24,26H,18-20H2,1-7H3/t24-,26-/m1/s1. The van der Waals surface area contributed by atoms with Gasteiger partial charge < -0.3 is 9.64 Å². The number of ether oxygens (including phenoxy) is 1. The Hall–Kier alpha value is -2.95. The number of benzene rings is 2. The Morgan fingerprint density at radius 2 is 1.59 bits per heavy atom. The second-order valence-electron chi connectivity index (χ2n) is 10.9. The van der Waals surface area contributed by atoms with Gasteiger partial charge in [0.15, 0.2) is 0 Å². The van der Waals surface area contributed by atoms with Crippen LogP contribution in [0.1, 0.15) is 31.2 Å². The average Bonchev–Trinajstić information content (AvgIpc) is 3.37.